The number of rotatable bonds is 13. The predicted molar refractivity (Wildman–Crippen MR) is 200 cm³/mol. The number of hydrogen-bond acceptors (Lipinski definition) is 5. The number of ether oxygens (including phenoxy) is 1. The van der Waals surface area contributed by atoms with Crippen LogP contribution in [0.3, 0.4) is 0 Å². The first kappa shape index (κ1) is 33.3. The van der Waals surface area contributed by atoms with Crippen LogP contribution < -0.4 is 10.9 Å². The van der Waals surface area contributed by atoms with Crippen molar-refractivity contribution in [3.05, 3.63) is 93.7 Å². The van der Waals surface area contributed by atoms with E-state index in [-0.39, 0.29) is 16.9 Å². The summed E-state index contributed by atoms with van der Waals surface area (Å²) in [6.07, 6.45) is 11.7. The van der Waals surface area contributed by atoms with Crippen molar-refractivity contribution in [1.82, 2.24) is 29.2 Å². The van der Waals surface area contributed by atoms with Crippen LogP contribution in [-0.2, 0) is 18.0 Å². The molecule has 3 aliphatic rings. The van der Waals surface area contributed by atoms with Gasteiger partial charge in [-0.15, -0.1) is 0 Å². The Kier molecular flexibility index (Phi) is 8.47. The lowest BCUT2D eigenvalue weighted by molar-refractivity contribution is 0.0873. The smallest absolute Gasteiger partial charge is 0.280 e. The molecule has 10 heteroatoms. The third-order valence-corrected chi connectivity index (χ3v) is 12.7. The Morgan fingerprint density at radius 1 is 1.04 bits per heavy atom. The zero-order chi connectivity index (χ0) is 34.8. The number of benzene rings is 1. The van der Waals surface area contributed by atoms with Crippen molar-refractivity contribution < 1.29 is 9.13 Å². The SMILES string of the molecule is Cc1ccnn1-c1cc(F)ccc1-c1cc(C2CC2)nc(-n2cc(C3CC3)c3cc(CNC4(C)CCC4)n(COCC[Si](C)(C)C)c3c2=O)c1. The van der Waals surface area contributed by atoms with Gasteiger partial charge in [-0.2, -0.15) is 5.10 Å². The van der Waals surface area contributed by atoms with E-state index in [1.54, 1.807) is 15.4 Å². The van der Waals surface area contributed by atoms with Crippen LogP contribution in [0.15, 0.2) is 59.7 Å². The number of aryl methyl sites for hydroxylation is 1. The predicted octanol–water partition coefficient (Wildman–Crippen LogP) is 8.59. The first-order chi connectivity index (χ1) is 24.0. The molecule has 0 spiro atoms. The van der Waals surface area contributed by atoms with Crippen LogP contribution in [0.25, 0.3) is 33.5 Å². The minimum Gasteiger partial charge on any atom is -0.361 e. The van der Waals surface area contributed by atoms with Gasteiger partial charge < -0.3 is 14.6 Å². The van der Waals surface area contributed by atoms with Crippen LogP contribution in [-0.4, -0.2) is 44.1 Å². The summed E-state index contributed by atoms with van der Waals surface area (Å²) in [4.78, 5) is 20.0. The Morgan fingerprint density at radius 2 is 1.82 bits per heavy atom. The average Bonchev–Trinajstić information content (AvgIpc) is 4.00. The van der Waals surface area contributed by atoms with E-state index in [0.29, 0.717) is 48.7 Å². The molecule has 0 atom stereocenters. The molecule has 3 fully saturated rings. The molecule has 0 radical (unpaired) electrons. The summed E-state index contributed by atoms with van der Waals surface area (Å²) in [5.74, 6) is 1.03. The lowest BCUT2D eigenvalue weighted by Crippen LogP contribution is -2.47. The number of aromatic nitrogens is 5. The van der Waals surface area contributed by atoms with Gasteiger partial charge in [0.25, 0.3) is 5.56 Å². The van der Waals surface area contributed by atoms with E-state index < -0.39 is 8.07 Å². The zero-order valence-electron chi connectivity index (χ0n) is 30.1. The molecular formula is C40H49FN6O2Si. The highest BCUT2D eigenvalue weighted by molar-refractivity contribution is 6.76. The number of nitrogens with zero attached hydrogens (tertiary/aromatic N) is 5. The molecule has 1 aromatic carbocycles. The van der Waals surface area contributed by atoms with E-state index in [1.807, 2.05) is 25.1 Å². The Bertz CT molecular complexity index is 2130. The summed E-state index contributed by atoms with van der Waals surface area (Å²) >= 11 is 0. The Morgan fingerprint density at radius 3 is 2.48 bits per heavy atom. The largest absolute Gasteiger partial charge is 0.361 e. The summed E-state index contributed by atoms with van der Waals surface area (Å²) in [5.41, 5.74) is 7.30. The first-order valence-corrected chi connectivity index (χ1v) is 22.1. The molecule has 3 saturated carbocycles. The van der Waals surface area contributed by atoms with Gasteiger partial charge in [-0.1, -0.05) is 19.6 Å². The Labute approximate surface area is 294 Å². The fourth-order valence-corrected chi connectivity index (χ4v) is 8.05. The molecule has 8 nitrogen and oxygen atoms in total. The highest BCUT2D eigenvalue weighted by Crippen LogP contribution is 2.44. The van der Waals surface area contributed by atoms with Crippen LogP contribution in [0.5, 0.6) is 0 Å². The van der Waals surface area contributed by atoms with E-state index in [2.05, 4.69) is 59.9 Å². The van der Waals surface area contributed by atoms with Crippen molar-refractivity contribution in [3.8, 4) is 22.6 Å². The maximum atomic E-state index is 14.9. The van der Waals surface area contributed by atoms with Crippen molar-refractivity contribution in [2.24, 2.45) is 0 Å². The second kappa shape index (κ2) is 12.7. The summed E-state index contributed by atoms with van der Waals surface area (Å²) < 4.78 is 26.8. The second-order valence-corrected chi connectivity index (χ2v) is 22.1. The molecule has 8 rings (SSSR count). The van der Waals surface area contributed by atoms with Crippen molar-refractivity contribution in [3.63, 3.8) is 0 Å². The number of pyridine rings is 2. The molecule has 1 N–H and O–H groups in total. The molecule has 3 aliphatic carbocycles. The highest BCUT2D eigenvalue weighted by atomic mass is 28.3. The third-order valence-electron chi connectivity index (χ3n) is 11.0. The summed E-state index contributed by atoms with van der Waals surface area (Å²) in [6.45, 7) is 13.0. The van der Waals surface area contributed by atoms with Gasteiger partial charge in [-0.25, -0.2) is 14.1 Å². The van der Waals surface area contributed by atoms with Gasteiger partial charge in [0, 0.05) is 79.2 Å². The van der Waals surface area contributed by atoms with Crippen molar-refractivity contribution in [2.45, 2.75) is 115 Å². The second-order valence-electron chi connectivity index (χ2n) is 16.4. The average molecular weight is 693 g/mol. The van der Waals surface area contributed by atoms with Crippen LogP contribution in [0.1, 0.15) is 86.4 Å². The third kappa shape index (κ3) is 6.65. The monoisotopic (exact) mass is 692 g/mol. The normalized spacial score (nSPS) is 17.4. The molecule has 4 aromatic heterocycles. The summed E-state index contributed by atoms with van der Waals surface area (Å²) in [5, 5.41) is 9.35. The lowest BCUT2D eigenvalue weighted by Gasteiger charge is -2.39. The molecule has 5 aromatic rings. The topological polar surface area (TPSA) is 78.9 Å². The molecule has 262 valence electrons. The minimum atomic E-state index is -1.28. The van der Waals surface area contributed by atoms with Crippen LogP contribution in [0.2, 0.25) is 25.7 Å². The number of nitrogens with one attached hydrogen (secondary N) is 1. The number of halogens is 1. The van der Waals surface area contributed by atoms with Gasteiger partial charge in [0.1, 0.15) is 23.9 Å². The van der Waals surface area contributed by atoms with Gasteiger partial charge in [0.05, 0.1) is 5.69 Å². The molecule has 0 bridgehead atoms. The highest BCUT2D eigenvalue weighted by Gasteiger charge is 2.33. The maximum absolute atomic E-state index is 14.9. The van der Waals surface area contributed by atoms with Gasteiger partial charge in [-0.3, -0.25) is 9.36 Å². The molecule has 0 unspecified atom stereocenters. The van der Waals surface area contributed by atoms with E-state index in [9.17, 15) is 9.18 Å². The molecule has 0 aliphatic heterocycles. The molecule has 4 heterocycles. The van der Waals surface area contributed by atoms with E-state index in [1.165, 1.54) is 37.0 Å². The van der Waals surface area contributed by atoms with Crippen LogP contribution in [0, 0.1) is 12.7 Å². The fraction of sp³-hybridized carbons (Fsp3) is 0.475. The molecular weight excluding hydrogens is 644 g/mol. The fourth-order valence-electron chi connectivity index (χ4n) is 7.29. The molecule has 0 amide bonds. The van der Waals surface area contributed by atoms with E-state index in [0.717, 1.165) is 65.3 Å². The van der Waals surface area contributed by atoms with Crippen molar-refractivity contribution >= 4 is 19.0 Å². The zero-order valence-corrected chi connectivity index (χ0v) is 31.1. The van der Waals surface area contributed by atoms with E-state index in [4.69, 9.17) is 9.72 Å². The van der Waals surface area contributed by atoms with Crippen LogP contribution in [0.4, 0.5) is 4.39 Å². The van der Waals surface area contributed by atoms with Gasteiger partial charge in [0.2, 0.25) is 0 Å². The number of fused-ring (bicyclic) bond motifs is 1. The quantitative estimate of drug-likeness (QED) is 0.0988. The summed E-state index contributed by atoms with van der Waals surface area (Å²) in [6, 6.07) is 14.2. The maximum Gasteiger partial charge on any atom is 0.280 e. The van der Waals surface area contributed by atoms with Gasteiger partial charge >= 0.3 is 0 Å². The van der Waals surface area contributed by atoms with Crippen molar-refractivity contribution in [1.29, 1.82) is 0 Å². The first-order valence-electron chi connectivity index (χ1n) is 18.4. The standard InChI is InChI=1S/C40H49FN6O2Si/c1-26-13-16-43-47(26)36-21-30(41)11-12-32(36)29-19-35(28-9-10-28)44-37(20-29)45-24-34(27-7-8-27)33-22-31(23-42-40(2)14-6-15-40)46(38(33)39(45)48)25-49-17-18-50(3,4)5/h11-13,16,19-22,24,27-28,42H,6-10,14-15,17-18,23,25H2,1-5H3. The Balaban J connectivity index is 1.28. The summed E-state index contributed by atoms with van der Waals surface area (Å²) in [7, 11) is -1.28. The van der Waals surface area contributed by atoms with Crippen molar-refractivity contribution in [2.75, 3.05) is 6.61 Å². The van der Waals surface area contributed by atoms with Gasteiger partial charge in [0.15, 0.2) is 0 Å². The molecule has 50 heavy (non-hydrogen) atoms. The lowest BCUT2D eigenvalue weighted by atomic mass is 9.78. The number of hydrogen-bond donors (Lipinski definition) is 1. The Hall–Kier alpha value is -3.86. The van der Waals surface area contributed by atoms with Gasteiger partial charge in [-0.05, 0) is 118 Å². The van der Waals surface area contributed by atoms with E-state index >= 15 is 0 Å². The minimum absolute atomic E-state index is 0.0899. The molecule has 0 saturated heterocycles. The van der Waals surface area contributed by atoms with Crippen LogP contribution >= 0.6 is 0 Å².